The van der Waals surface area contributed by atoms with E-state index in [1.54, 1.807) is 13.0 Å². The largest absolute Gasteiger partial charge is 0.453 e. The molecule has 0 unspecified atom stereocenters. The van der Waals surface area contributed by atoms with Crippen LogP contribution in [0.3, 0.4) is 0 Å². The average molecular weight is 151 g/mol. The van der Waals surface area contributed by atoms with Gasteiger partial charge in [-0.25, -0.2) is 4.79 Å². The van der Waals surface area contributed by atoms with Crippen molar-refractivity contribution in [3.05, 3.63) is 30.2 Å². The summed E-state index contributed by atoms with van der Waals surface area (Å²) in [5.74, 6) is -0.201. The molecule has 11 heavy (non-hydrogen) atoms. The molecule has 0 aromatic rings. The lowest BCUT2D eigenvalue weighted by Gasteiger charge is -1.99. The summed E-state index contributed by atoms with van der Waals surface area (Å²) in [6, 6.07) is 0. The van der Waals surface area contributed by atoms with Crippen LogP contribution in [0.5, 0.6) is 0 Å². The summed E-state index contributed by atoms with van der Waals surface area (Å²) >= 11 is 0. The Kier molecular flexibility index (Phi) is 2.78. The molecule has 0 saturated carbocycles. The quantitative estimate of drug-likeness (QED) is 0.443. The number of carbonyl (C=O) groups excluding carboxylic acids is 1. The van der Waals surface area contributed by atoms with Crippen molar-refractivity contribution in [2.45, 2.75) is 13.3 Å². The summed E-state index contributed by atoms with van der Waals surface area (Å²) in [6.45, 7) is 2.25. The molecular weight excluding hydrogens is 140 g/mol. The van der Waals surface area contributed by atoms with Gasteiger partial charge in [-0.3, -0.25) is 0 Å². The van der Waals surface area contributed by atoms with E-state index in [4.69, 9.17) is 4.74 Å². The van der Waals surface area contributed by atoms with Crippen molar-refractivity contribution in [2.75, 3.05) is 6.61 Å². The van der Waals surface area contributed by atoms with E-state index in [0.29, 0.717) is 13.0 Å². The number of ether oxygens (including phenoxy) is 1. The van der Waals surface area contributed by atoms with Gasteiger partial charge in [0.25, 0.3) is 0 Å². The standard InChI is InChI=1S/C9H11O2/c1-2-11-9(10)8-6-4-3-5-7-8/h3-6H,2,7H2,1H3/q+1. The molecule has 2 nitrogen and oxygen atoms in total. The van der Waals surface area contributed by atoms with Crippen molar-refractivity contribution >= 4 is 5.97 Å². The van der Waals surface area contributed by atoms with Crippen LogP contribution < -0.4 is 0 Å². The summed E-state index contributed by atoms with van der Waals surface area (Å²) in [5.41, 5.74) is 0.731. The summed E-state index contributed by atoms with van der Waals surface area (Å²) in [4.78, 5) is 11.1. The third kappa shape index (κ3) is 2.15. The first-order valence-electron chi connectivity index (χ1n) is 3.70. The maximum Gasteiger partial charge on any atom is 0.391 e. The number of rotatable bonds is 2. The lowest BCUT2D eigenvalue weighted by molar-refractivity contribution is -0.138. The Morgan fingerprint density at radius 1 is 1.82 bits per heavy atom. The fraction of sp³-hybridized carbons (Fsp3) is 0.333. The molecule has 0 aromatic heterocycles. The van der Waals surface area contributed by atoms with Crippen LogP contribution in [0.1, 0.15) is 13.3 Å². The summed E-state index contributed by atoms with van der Waals surface area (Å²) in [5, 5.41) is 0. The molecule has 1 rings (SSSR count). The van der Waals surface area contributed by atoms with Crippen LogP contribution in [-0.2, 0) is 9.53 Å². The Morgan fingerprint density at radius 3 is 3.18 bits per heavy atom. The fourth-order valence-electron chi connectivity index (χ4n) is 0.888. The van der Waals surface area contributed by atoms with Crippen LogP contribution in [0.25, 0.3) is 0 Å². The number of carbonyl (C=O) groups is 1. The van der Waals surface area contributed by atoms with E-state index in [9.17, 15) is 4.79 Å². The van der Waals surface area contributed by atoms with Crippen LogP contribution >= 0.6 is 0 Å². The molecule has 1 aliphatic carbocycles. The van der Waals surface area contributed by atoms with E-state index in [-0.39, 0.29) is 5.97 Å². The van der Waals surface area contributed by atoms with Crippen LogP contribution in [0, 0.1) is 6.42 Å². The molecule has 0 bridgehead atoms. The molecule has 0 saturated heterocycles. The zero-order chi connectivity index (χ0) is 8.10. The normalized spacial score (nSPS) is 15.2. The molecule has 0 fully saturated rings. The average Bonchev–Trinajstić information content (AvgIpc) is 2.07. The molecule has 0 heterocycles. The van der Waals surface area contributed by atoms with E-state index in [1.807, 2.05) is 18.6 Å². The second-order valence-electron chi connectivity index (χ2n) is 2.24. The van der Waals surface area contributed by atoms with Gasteiger partial charge in [0.2, 0.25) is 0 Å². The minimum atomic E-state index is -0.201. The minimum Gasteiger partial charge on any atom is -0.453 e. The summed E-state index contributed by atoms with van der Waals surface area (Å²) in [7, 11) is 0. The van der Waals surface area contributed by atoms with E-state index >= 15 is 0 Å². The van der Waals surface area contributed by atoms with Gasteiger partial charge in [-0.2, -0.15) is 0 Å². The van der Waals surface area contributed by atoms with Crippen LogP contribution in [0.15, 0.2) is 23.8 Å². The number of esters is 1. The van der Waals surface area contributed by atoms with Crippen LogP contribution in [-0.4, -0.2) is 12.6 Å². The van der Waals surface area contributed by atoms with Crippen LogP contribution in [0.2, 0.25) is 0 Å². The Balaban J connectivity index is 2.46. The van der Waals surface area contributed by atoms with Crippen molar-refractivity contribution in [1.82, 2.24) is 0 Å². The van der Waals surface area contributed by atoms with Gasteiger partial charge < -0.3 is 4.74 Å². The molecule has 0 amide bonds. The highest BCUT2D eigenvalue weighted by Gasteiger charge is 2.16. The van der Waals surface area contributed by atoms with Crippen molar-refractivity contribution < 1.29 is 9.53 Å². The predicted octanol–water partition coefficient (Wildman–Crippen LogP) is 1.64. The Bertz CT molecular complexity index is 202. The topological polar surface area (TPSA) is 26.3 Å². The minimum absolute atomic E-state index is 0.201. The first kappa shape index (κ1) is 7.92. The smallest absolute Gasteiger partial charge is 0.391 e. The molecule has 0 spiro atoms. The molecule has 0 aliphatic heterocycles. The zero-order valence-electron chi connectivity index (χ0n) is 6.54. The van der Waals surface area contributed by atoms with Crippen LogP contribution in [0.4, 0.5) is 0 Å². The fourth-order valence-corrected chi connectivity index (χ4v) is 0.888. The van der Waals surface area contributed by atoms with Gasteiger partial charge >= 0.3 is 5.97 Å². The highest BCUT2D eigenvalue weighted by molar-refractivity contribution is 5.89. The van der Waals surface area contributed by atoms with Gasteiger partial charge in [0.15, 0.2) is 0 Å². The van der Waals surface area contributed by atoms with Crippen molar-refractivity contribution in [3.63, 3.8) is 0 Å². The first-order chi connectivity index (χ1) is 5.34. The first-order valence-corrected chi connectivity index (χ1v) is 3.70. The van der Waals surface area contributed by atoms with E-state index in [1.165, 1.54) is 0 Å². The molecule has 0 atom stereocenters. The third-order valence-corrected chi connectivity index (χ3v) is 1.42. The number of allylic oxidation sites excluding steroid dienone is 3. The van der Waals surface area contributed by atoms with Gasteiger partial charge in [0, 0.05) is 18.6 Å². The highest BCUT2D eigenvalue weighted by atomic mass is 16.5. The summed E-state index contributed by atoms with van der Waals surface area (Å²) in [6.07, 6.45) is 8.18. The zero-order valence-corrected chi connectivity index (χ0v) is 6.54. The SMILES string of the molecule is CCOC(=O)C1=C[CH+]C=CC1. The maximum absolute atomic E-state index is 11.1. The van der Waals surface area contributed by atoms with Crippen molar-refractivity contribution in [3.8, 4) is 0 Å². The molecule has 58 valence electrons. The Hall–Kier alpha value is -1.18. The lowest BCUT2D eigenvalue weighted by atomic mass is 10.1. The molecule has 0 aromatic carbocycles. The van der Waals surface area contributed by atoms with Crippen molar-refractivity contribution in [1.29, 1.82) is 0 Å². The maximum atomic E-state index is 11.1. The predicted molar refractivity (Wildman–Crippen MR) is 42.8 cm³/mol. The monoisotopic (exact) mass is 151 g/mol. The lowest BCUT2D eigenvalue weighted by Crippen LogP contribution is -2.08. The molecule has 2 heteroatoms. The number of hydrogen-bond acceptors (Lipinski definition) is 2. The molecular formula is C9H11O2+. The second-order valence-corrected chi connectivity index (χ2v) is 2.24. The Morgan fingerprint density at radius 2 is 2.64 bits per heavy atom. The van der Waals surface area contributed by atoms with Gasteiger partial charge in [-0.15, -0.1) is 0 Å². The Labute approximate surface area is 66.5 Å². The van der Waals surface area contributed by atoms with E-state index in [0.717, 1.165) is 5.57 Å². The van der Waals surface area contributed by atoms with Gasteiger partial charge in [-0.1, -0.05) is 0 Å². The summed E-state index contributed by atoms with van der Waals surface area (Å²) < 4.78 is 4.82. The van der Waals surface area contributed by atoms with E-state index < -0.39 is 0 Å². The third-order valence-electron chi connectivity index (χ3n) is 1.42. The highest BCUT2D eigenvalue weighted by Crippen LogP contribution is 2.11. The van der Waals surface area contributed by atoms with Gasteiger partial charge in [0.05, 0.1) is 19.1 Å². The second kappa shape index (κ2) is 3.86. The van der Waals surface area contributed by atoms with Gasteiger partial charge in [0.1, 0.15) is 5.57 Å². The molecule has 0 radical (unpaired) electrons. The van der Waals surface area contributed by atoms with E-state index in [2.05, 4.69) is 0 Å². The molecule has 0 N–H and O–H groups in total. The number of hydrogen-bond donors (Lipinski definition) is 0. The van der Waals surface area contributed by atoms with Crippen molar-refractivity contribution in [2.24, 2.45) is 0 Å². The van der Waals surface area contributed by atoms with Gasteiger partial charge in [-0.05, 0) is 6.92 Å². The molecule has 1 aliphatic rings.